The van der Waals surface area contributed by atoms with Gasteiger partial charge in [-0.25, -0.2) is 4.79 Å². The highest BCUT2D eigenvalue weighted by Crippen LogP contribution is 2.14. The van der Waals surface area contributed by atoms with Crippen LogP contribution < -0.4 is 10.1 Å². The molecule has 0 radical (unpaired) electrons. The molecule has 2 N–H and O–H groups in total. The predicted octanol–water partition coefficient (Wildman–Crippen LogP) is 2.70. The molecule has 0 aliphatic heterocycles. The zero-order chi connectivity index (χ0) is 15.8. The van der Waals surface area contributed by atoms with Crippen molar-refractivity contribution in [3.8, 4) is 5.75 Å². The molecule has 0 aliphatic rings. The number of hydrogen-bond donors (Lipinski definition) is 2. The van der Waals surface area contributed by atoms with Gasteiger partial charge in [-0.15, -0.1) is 0 Å². The molecule has 1 rings (SSSR count). The molecule has 0 fully saturated rings. The number of hydrogen-bond acceptors (Lipinski definition) is 3. The third kappa shape index (κ3) is 6.79. The van der Waals surface area contributed by atoms with E-state index >= 15 is 0 Å². The summed E-state index contributed by atoms with van der Waals surface area (Å²) >= 11 is 0. The molecule has 0 spiro atoms. The summed E-state index contributed by atoms with van der Waals surface area (Å²) in [5.74, 6) is -0.240. The van der Waals surface area contributed by atoms with E-state index in [2.05, 4.69) is 19.2 Å². The average Bonchev–Trinajstić information content (AvgIpc) is 2.43. The lowest BCUT2D eigenvalue weighted by Gasteiger charge is -2.15. The van der Waals surface area contributed by atoms with E-state index in [9.17, 15) is 9.59 Å². The molecule has 1 atom stereocenters. The first kappa shape index (κ1) is 17.0. The van der Waals surface area contributed by atoms with Gasteiger partial charge in [0.05, 0.1) is 0 Å². The lowest BCUT2D eigenvalue weighted by atomic mass is 10.0. The molecule has 0 heterocycles. The minimum Gasteiger partial charge on any atom is -0.482 e. The number of ether oxygens (including phenoxy) is 1. The van der Waals surface area contributed by atoms with Gasteiger partial charge in [0, 0.05) is 11.6 Å². The van der Waals surface area contributed by atoms with Crippen molar-refractivity contribution in [3.05, 3.63) is 29.8 Å². The monoisotopic (exact) mass is 293 g/mol. The first-order chi connectivity index (χ1) is 9.88. The first-order valence-electron chi connectivity index (χ1n) is 7.14. The smallest absolute Gasteiger partial charge is 0.341 e. The van der Waals surface area contributed by atoms with Gasteiger partial charge in [-0.05, 0) is 43.9 Å². The second kappa shape index (κ2) is 8.29. The SMILES string of the molecule is CC(C)CCC(C)NC(=O)c1cccc(OCC(=O)O)c1. The number of nitrogens with one attached hydrogen (secondary N) is 1. The second-order valence-electron chi connectivity index (χ2n) is 5.56. The van der Waals surface area contributed by atoms with Crippen molar-refractivity contribution in [1.82, 2.24) is 5.32 Å². The lowest BCUT2D eigenvalue weighted by molar-refractivity contribution is -0.139. The van der Waals surface area contributed by atoms with Crippen molar-refractivity contribution in [2.75, 3.05) is 6.61 Å². The third-order valence-corrected chi connectivity index (χ3v) is 3.01. The molecule has 0 aromatic heterocycles. The highest BCUT2D eigenvalue weighted by atomic mass is 16.5. The van der Waals surface area contributed by atoms with Crippen molar-refractivity contribution in [2.24, 2.45) is 5.92 Å². The fourth-order valence-corrected chi connectivity index (χ4v) is 1.83. The Kier molecular flexibility index (Phi) is 6.72. The number of carbonyl (C=O) groups is 2. The minimum absolute atomic E-state index is 0.100. The van der Waals surface area contributed by atoms with Crippen molar-refractivity contribution in [1.29, 1.82) is 0 Å². The topological polar surface area (TPSA) is 75.6 Å². The van der Waals surface area contributed by atoms with Gasteiger partial charge in [0.25, 0.3) is 5.91 Å². The van der Waals surface area contributed by atoms with Crippen LogP contribution in [0.15, 0.2) is 24.3 Å². The summed E-state index contributed by atoms with van der Waals surface area (Å²) in [6.45, 7) is 5.86. The van der Waals surface area contributed by atoms with Gasteiger partial charge in [-0.3, -0.25) is 4.79 Å². The molecule has 0 saturated carbocycles. The molecule has 5 heteroatoms. The van der Waals surface area contributed by atoms with Crippen LogP contribution in [0.2, 0.25) is 0 Å². The van der Waals surface area contributed by atoms with E-state index in [0.717, 1.165) is 12.8 Å². The van der Waals surface area contributed by atoms with Crippen LogP contribution in [0.5, 0.6) is 5.75 Å². The second-order valence-corrected chi connectivity index (χ2v) is 5.56. The number of aliphatic carboxylic acids is 1. The third-order valence-electron chi connectivity index (χ3n) is 3.01. The largest absolute Gasteiger partial charge is 0.482 e. The van der Waals surface area contributed by atoms with Gasteiger partial charge < -0.3 is 15.2 Å². The summed E-state index contributed by atoms with van der Waals surface area (Å²) in [5, 5.41) is 11.5. The van der Waals surface area contributed by atoms with E-state index in [1.54, 1.807) is 24.3 Å². The van der Waals surface area contributed by atoms with Crippen LogP contribution in [0.4, 0.5) is 0 Å². The van der Waals surface area contributed by atoms with E-state index in [4.69, 9.17) is 9.84 Å². The molecule has 21 heavy (non-hydrogen) atoms. The van der Waals surface area contributed by atoms with Crippen LogP contribution in [0.25, 0.3) is 0 Å². The highest BCUT2D eigenvalue weighted by Gasteiger charge is 2.11. The Balaban J connectivity index is 2.57. The Hall–Kier alpha value is -2.04. The molecule has 1 aromatic carbocycles. The summed E-state index contributed by atoms with van der Waals surface area (Å²) in [6, 6.07) is 6.63. The maximum absolute atomic E-state index is 12.1. The van der Waals surface area contributed by atoms with E-state index in [0.29, 0.717) is 17.2 Å². The minimum atomic E-state index is -1.05. The fourth-order valence-electron chi connectivity index (χ4n) is 1.83. The Labute approximate surface area is 125 Å². The van der Waals surface area contributed by atoms with Crippen LogP contribution in [0.3, 0.4) is 0 Å². The standard InChI is InChI=1S/C16H23NO4/c1-11(2)7-8-12(3)17-16(20)13-5-4-6-14(9-13)21-10-15(18)19/h4-6,9,11-12H,7-8,10H2,1-3H3,(H,17,20)(H,18,19). The molecule has 1 unspecified atom stereocenters. The van der Waals surface area contributed by atoms with Gasteiger partial charge in [-0.2, -0.15) is 0 Å². The number of carboxylic acids is 1. The zero-order valence-corrected chi connectivity index (χ0v) is 12.8. The van der Waals surface area contributed by atoms with E-state index in [-0.39, 0.29) is 11.9 Å². The predicted molar refractivity (Wildman–Crippen MR) is 80.6 cm³/mol. The van der Waals surface area contributed by atoms with Crippen molar-refractivity contribution < 1.29 is 19.4 Å². The fraction of sp³-hybridized carbons (Fsp3) is 0.500. The van der Waals surface area contributed by atoms with Crippen LogP contribution in [0.1, 0.15) is 44.0 Å². The van der Waals surface area contributed by atoms with E-state index < -0.39 is 12.6 Å². The van der Waals surface area contributed by atoms with Crippen molar-refractivity contribution >= 4 is 11.9 Å². The molecule has 1 aromatic rings. The van der Waals surface area contributed by atoms with E-state index in [1.165, 1.54) is 0 Å². The Morgan fingerprint density at radius 2 is 1.95 bits per heavy atom. The molecule has 116 valence electrons. The zero-order valence-electron chi connectivity index (χ0n) is 12.8. The first-order valence-corrected chi connectivity index (χ1v) is 7.14. The summed E-state index contributed by atoms with van der Waals surface area (Å²) in [7, 11) is 0. The van der Waals surface area contributed by atoms with Crippen LogP contribution in [0, 0.1) is 5.92 Å². The molecule has 5 nitrogen and oxygen atoms in total. The molecule has 0 saturated heterocycles. The van der Waals surface area contributed by atoms with E-state index in [1.807, 2.05) is 6.92 Å². The normalized spacial score (nSPS) is 12.0. The number of benzene rings is 1. The van der Waals surface area contributed by atoms with Gasteiger partial charge >= 0.3 is 5.97 Å². The molecule has 0 bridgehead atoms. The molecule has 1 amide bonds. The maximum Gasteiger partial charge on any atom is 0.341 e. The van der Waals surface area contributed by atoms with Crippen molar-refractivity contribution in [3.63, 3.8) is 0 Å². The van der Waals surface area contributed by atoms with Crippen LogP contribution in [-0.4, -0.2) is 29.6 Å². The number of carbonyl (C=O) groups excluding carboxylic acids is 1. The Bertz CT molecular complexity index is 485. The van der Waals surface area contributed by atoms with Crippen molar-refractivity contribution in [2.45, 2.75) is 39.7 Å². The Morgan fingerprint density at radius 1 is 1.24 bits per heavy atom. The van der Waals surface area contributed by atoms with Crippen LogP contribution >= 0.6 is 0 Å². The van der Waals surface area contributed by atoms with Gasteiger partial charge in [0.1, 0.15) is 5.75 Å². The van der Waals surface area contributed by atoms with Gasteiger partial charge in [0.2, 0.25) is 0 Å². The highest BCUT2D eigenvalue weighted by molar-refractivity contribution is 5.94. The molecular formula is C16H23NO4. The summed E-state index contributed by atoms with van der Waals surface area (Å²) in [4.78, 5) is 22.6. The van der Waals surface area contributed by atoms with Gasteiger partial charge in [-0.1, -0.05) is 19.9 Å². The lowest BCUT2D eigenvalue weighted by Crippen LogP contribution is -2.32. The number of rotatable bonds is 8. The summed E-state index contributed by atoms with van der Waals surface area (Å²) < 4.78 is 5.06. The molecular weight excluding hydrogens is 270 g/mol. The average molecular weight is 293 g/mol. The Morgan fingerprint density at radius 3 is 2.57 bits per heavy atom. The number of carboxylic acid groups (broad SMARTS) is 1. The van der Waals surface area contributed by atoms with Gasteiger partial charge in [0.15, 0.2) is 6.61 Å². The number of amides is 1. The summed E-state index contributed by atoms with van der Waals surface area (Å²) in [5.41, 5.74) is 0.467. The molecule has 0 aliphatic carbocycles. The quantitative estimate of drug-likeness (QED) is 0.772. The van der Waals surface area contributed by atoms with Crippen LogP contribution in [-0.2, 0) is 4.79 Å². The summed E-state index contributed by atoms with van der Waals surface area (Å²) in [6.07, 6.45) is 1.99. The maximum atomic E-state index is 12.1.